The number of ether oxygens (including phenoxy) is 1. The van der Waals surface area contributed by atoms with E-state index in [2.05, 4.69) is 50.1 Å². The smallest absolute Gasteiger partial charge is 0.303 e. The summed E-state index contributed by atoms with van der Waals surface area (Å²) in [5.74, 6) is 0.590. The number of carboxylic acid groups (broad SMARTS) is 1. The van der Waals surface area contributed by atoms with Crippen molar-refractivity contribution in [2.24, 2.45) is 5.92 Å². The monoisotopic (exact) mass is 394 g/mol. The summed E-state index contributed by atoms with van der Waals surface area (Å²) in [5, 5.41) is 14.6. The molecule has 0 radical (unpaired) electrons. The van der Waals surface area contributed by atoms with Crippen LogP contribution in [0.25, 0.3) is 22.0 Å². The fourth-order valence-corrected chi connectivity index (χ4v) is 3.57. The third-order valence-electron chi connectivity index (χ3n) is 5.55. The first-order valence-corrected chi connectivity index (χ1v) is 10.5. The van der Waals surface area contributed by atoms with E-state index >= 15 is 0 Å². The Labute approximate surface area is 172 Å². The third kappa shape index (κ3) is 4.97. The van der Waals surface area contributed by atoms with Crippen molar-refractivity contribution < 1.29 is 14.6 Å². The average molecular weight is 395 g/mol. The third-order valence-corrected chi connectivity index (χ3v) is 5.55. The Morgan fingerprint density at radius 3 is 2.62 bits per heavy atom. The van der Waals surface area contributed by atoms with Crippen LogP contribution in [0, 0.1) is 5.92 Å². The first-order valence-electron chi connectivity index (χ1n) is 10.5. The van der Waals surface area contributed by atoms with Gasteiger partial charge in [0.2, 0.25) is 0 Å². The Hall–Kier alpha value is -2.82. The molecule has 29 heavy (non-hydrogen) atoms. The van der Waals surface area contributed by atoms with Gasteiger partial charge in [-0.3, -0.25) is 9.48 Å². The van der Waals surface area contributed by atoms with Crippen molar-refractivity contribution >= 4 is 16.9 Å². The first kappa shape index (κ1) is 20.9. The quantitative estimate of drug-likeness (QED) is 0.489. The van der Waals surface area contributed by atoms with E-state index in [-0.39, 0.29) is 6.42 Å². The minimum atomic E-state index is -0.783. The van der Waals surface area contributed by atoms with E-state index in [0.29, 0.717) is 18.9 Å². The van der Waals surface area contributed by atoms with E-state index in [1.54, 1.807) is 0 Å². The van der Waals surface area contributed by atoms with Gasteiger partial charge in [-0.25, -0.2) is 0 Å². The van der Waals surface area contributed by atoms with E-state index in [4.69, 9.17) is 9.84 Å². The van der Waals surface area contributed by atoms with Crippen LogP contribution in [0.4, 0.5) is 0 Å². The fraction of sp³-hybridized carbons (Fsp3) is 0.417. The second-order valence-corrected chi connectivity index (χ2v) is 7.45. The summed E-state index contributed by atoms with van der Waals surface area (Å²) in [6.07, 6.45) is 4.69. The van der Waals surface area contributed by atoms with Gasteiger partial charge in [0.1, 0.15) is 5.75 Å². The molecule has 1 N–H and O–H groups in total. The van der Waals surface area contributed by atoms with Gasteiger partial charge in [-0.15, -0.1) is 0 Å². The van der Waals surface area contributed by atoms with E-state index in [0.717, 1.165) is 52.7 Å². The number of rotatable bonds is 10. The molecule has 0 bridgehead atoms. The molecule has 1 heterocycles. The highest BCUT2D eigenvalue weighted by molar-refractivity contribution is 5.86. The van der Waals surface area contributed by atoms with Crippen LogP contribution in [0.3, 0.4) is 0 Å². The van der Waals surface area contributed by atoms with E-state index in [1.807, 2.05) is 23.0 Å². The minimum Gasteiger partial charge on any atom is -0.493 e. The van der Waals surface area contributed by atoms with Crippen molar-refractivity contribution in [3.05, 3.63) is 48.2 Å². The molecule has 0 aliphatic rings. The minimum absolute atomic E-state index is 0.121. The van der Waals surface area contributed by atoms with Crippen LogP contribution in [0.15, 0.2) is 42.6 Å². The maximum atomic E-state index is 11.0. The summed E-state index contributed by atoms with van der Waals surface area (Å²) in [7, 11) is 0. The number of aryl methyl sites for hydroxylation is 2. The molecule has 5 nitrogen and oxygen atoms in total. The maximum absolute atomic E-state index is 11.0. The van der Waals surface area contributed by atoms with Gasteiger partial charge in [0.15, 0.2) is 0 Å². The number of aliphatic carboxylic acids is 1. The zero-order chi connectivity index (χ0) is 20.8. The van der Waals surface area contributed by atoms with E-state index in [9.17, 15) is 4.79 Å². The van der Waals surface area contributed by atoms with Gasteiger partial charge in [0, 0.05) is 23.9 Å². The first-order chi connectivity index (χ1) is 14.0. The van der Waals surface area contributed by atoms with Gasteiger partial charge >= 0.3 is 5.97 Å². The van der Waals surface area contributed by atoms with Crippen LogP contribution in [0.5, 0.6) is 5.75 Å². The van der Waals surface area contributed by atoms with Crippen LogP contribution in [0.1, 0.15) is 45.6 Å². The van der Waals surface area contributed by atoms with Crippen LogP contribution in [-0.2, 0) is 17.8 Å². The topological polar surface area (TPSA) is 64.3 Å². The summed E-state index contributed by atoms with van der Waals surface area (Å²) < 4.78 is 8.20. The summed E-state index contributed by atoms with van der Waals surface area (Å²) >= 11 is 0. The molecule has 0 amide bonds. The molecule has 1 aromatic heterocycles. The van der Waals surface area contributed by atoms with Crippen molar-refractivity contribution in [1.29, 1.82) is 0 Å². The SMILES string of the molecule is CCC(CC)COc1ccc(CCC(=O)O)cc1-c1ccc2c(cnn2CC)c1. The van der Waals surface area contributed by atoms with Crippen LogP contribution >= 0.6 is 0 Å². The molecule has 0 fully saturated rings. The Morgan fingerprint density at radius 1 is 1.14 bits per heavy atom. The number of carboxylic acids is 1. The molecule has 0 saturated carbocycles. The van der Waals surface area contributed by atoms with Gasteiger partial charge in [0.25, 0.3) is 0 Å². The van der Waals surface area contributed by atoms with Crippen molar-refractivity contribution in [2.45, 2.75) is 53.0 Å². The summed E-state index contributed by atoms with van der Waals surface area (Å²) in [4.78, 5) is 11.0. The highest BCUT2D eigenvalue weighted by Crippen LogP contribution is 2.34. The van der Waals surface area contributed by atoms with E-state index < -0.39 is 5.97 Å². The Balaban J connectivity index is 1.97. The van der Waals surface area contributed by atoms with Crippen LogP contribution < -0.4 is 4.74 Å². The molecule has 0 aliphatic carbocycles. The van der Waals surface area contributed by atoms with Crippen molar-refractivity contribution in [3.8, 4) is 16.9 Å². The molecule has 154 valence electrons. The molecule has 2 aromatic carbocycles. The van der Waals surface area contributed by atoms with Crippen molar-refractivity contribution in [3.63, 3.8) is 0 Å². The van der Waals surface area contributed by atoms with Gasteiger partial charge in [-0.1, -0.05) is 38.8 Å². The molecule has 3 rings (SSSR count). The number of hydrogen-bond acceptors (Lipinski definition) is 3. The predicted molar refractivity (Wildman–Crippen MR) is 116 cm³/mol. The van der Waals surface area contributed by atoms with Gasteiger partial charge in [-0.05, 0) is 54.7 Å². The lowest BCUT2D eigenvalue weighted by Gasteiger charge is -2.17. The summed E-state index contributed by atoms with van der Waals surface area (Å²) in [6, 6.07) is 12.3. The molecule has 0 unspecified atom stereocenters. The number of fused-ring (bicyclic) bond motifs is 1. The van der Waals surface area contributed by atoms with Crippen LogP contribution in [-0.4, -0.2) is 27.5 Å². The number of nitrogens with zero attached hydrogens (tertiary/aromatic N) is 2. The van der Waals surface area contributed by atoms with Crippen LogP contribution in [0.2, 0.25) is 0 Å². The zero-order valence-electron chi connectivity index (χ0n) is 17.5. The standard InChI is InChI=1S/C24H30N2O3/c1-4-17(5-2)16-29-23-11-7-18(8-12-24(27)28)13-21(23)19-9-10-22-20(14-19)15-25-26(22)6-3/h7,9-11,13-15,17H,4-6,8,12,16H2,1-3H3,(H,27,28). The van der Waals surface area contributed by atoms with Gasteiger partial charge in [0.05, 0.1) is 18.3 Å². The predicted octanol–water partition coefficient (Wildman–Crippen LogP) is 5.56. The molecule has 5 heteroatoms. The van der Waals surface area contributed by atoms with Crippen molar-refractivity contribution in [1.82, 2.24) is 9.78 Å². The number of hydrogen-bond donors (Lipinski definition) is 1. The van der Waals surface area contributed by atoms with Crippen molar-refractivity contribution in [2.75, 3.05) is 6.61 Å². The highest BCUT2D eigenvalue weighted by Gasteiger charge is 2.13. The summed E-state index contributed by atoms with van der Waals surface area (Å²) in [6.45, 7) is 7.97. The molecule has 3 aromatic rings. The molecular formula is C24H30N2O3. The normalized spacial score (nSPS) is 11.3. The second kappa shape index (κ2) is 9.59. The fourth-order valence-electron chi connectivity index (χ4n) is 3.57. The molecule has 0 spiro atoms. The number of aromatic nitrogens is 2. The van der Waals surface area contributed by atoms with Gasteiger partial charge < -0.3 is 9.84 Å². The molecular weight excluding hydrogens is 364 g/mol. The number of benzene rings is 2. The Kier molecular flexibility index (Phi) is 6.91. The van der Waals surface area contributed by atoms with Gasteiger partial charge in [-0.2, -0.15) is 5.10 Å². The largest absolute Gasteiger partial charge is 0.493 e. The maximum Gasteiger partial charge on any atom is 0.303 e. The van der Waals surface area contributed by atoms with E-state index in [1.165, 1.54) is 0 Å². The summed E-state index contributed by atoms with van der Waals surface area (Å²) in [5.41, 5.74) is 4.18. The lowest BCUT2D eigenvalue weighted by atomic mass is 9.98. The molecule has 0 aliphatic heterocycles. The molecule has 0 saturated heterocycles. The highest BCUT2D eigenvalue weighted by atomic mass is 16.5. The second-order valence-electron chi connectivity index (χ2n) is 7.45. The lowest BCUT2D eigenvalue weighted by molar-refractivity contribution is -0.136. The Bertz CT molecular complexity index is 973. The number of carbonyl (C=O) groups is 1. The Morgan fingerprint density at radius 2 is 1.93 bits per heavy atom. The lowest BCUT2D eigenvalue weighted by Crippen LogP contribution is -2.10. The average Bonchev–Trinajstić information content (AvgIpc) is 3.15. The zero-order valence-corrected chi connectivity index (χ0v) is 17.5. The molecule has 0 atom stereocenters.